The van der Waals surface area contributed by atoms with Gasteiger partial charge in [-0.25, -0.2) is 0 Å². The largest absolute Gasteiger partial charge is 0.468 e. The molecular weight excluding hydrogens is 312 g/mol. The Kier molecular flexibility index (Phi) is 4.66. The summed E-state index contributed by atoms with van der Waals surface area (Å²) in [7, 11) is 0. The Morgan fingerprint density at radius 2 is 2.00 bits per heavy atom. The minimum atomic E-state index is -0.445. The third-order valence-electron chi connectivity index (χ3n) is 3.57. The number of hydrogen-bond donors (Lipinski definition) is 0. The summed E-state index contributed by atoms with van der Waals surface area (Å²) >= 11 is 0. The van der Waals surface area contributed by atoms with E-state index in [9.17, 15) is 10.1 Å². The molecule has 0 unspecified atom stereocenters. The van der Waals surface area contributed by atoms with Crippen molar-refractivity contribution in [3.8, 4) is 11.4 Å². The monoisotopic (exact) mass is 328 g/mol. The normalized spacial score (nSPS) is 11.1. The summed E-state index contributed by atoms with van der Waals surface area (Å²) in [4.78, 5) is 16.7. The van der Waals surface area contributed by atoms with E-state index in [4.69, 9.17) is 8.94 Å². The summed E-state index contributed by atoms with van der Waals surface area (Å²) in [6.45, 7) is 3.99. The SMILES string of the molecule is CCN(Cc1ccco1)Cc1nc(-c2ccc([N+](=O)[O-])cc2)no1. The molecule has 1 aromatic carbocycles. The van der Waals surface area contributed by atoms with Gasteiger partial charge in [-0.1, -0.05) is 12.1 Å². The molecule has 2 heterocycles. The van der Waals surface area contributed by atoms with Gasteiger partial charge in [0.05, 0.1) is 24.3 Å². The lowest BCUT2D eigenvalue weighted by atomic mass is 10.2. The number of nitro benzene ring substituents is 1. The summed E-state index contributed by atoms with van der Waals surface area (Å²) in [5, 5.41) is 14.6. The van der Waals surface area contributed by atoms with E-state index in [2.05, 4.69) is 15.0 Å². The Morgan fingerprint density at radius 3 is 2.62 bits per heavy atom. The van der Waals surface area contributed by atoms with E-state index in [0.29, 0.717) is 30.4 Å². The van der Waals surface area contributed by atoms with Gasteiger partial charge >= 0.3 is 0 Å². The lowest BCUT2D eigenvalue weighted by Gasteiger charge is -2.16. The van der Waals surface area contributed by atoms with Crippen molar-refractivity contribution in [1.82, 2.24) is 15.0 Å². The summed E-state index contributed by atoms with van der Waals surface area (Å²) < 4.78 is 10.6. The van der Waals surface area contributed by atoms with Crippen LogP contribution in [0.1, 0.15) is 18.6 Å². The fraction of sp³-hybridized carbons (Fsp3) is 0.250. The molecule has 8 heteroatoms. The summed E-state index contributed by atoms with van der Waals surface area (Å²) in [6, 6.07) is 9.81. The Balaban J connectivity index is 1.69. The van der Waals surface area contributed by atoms with Gasteiger partial charge in [-0.3, -0.25) is 15.0 Å². The quantitative estimate of drug-likeness (QED) is 0.485. The molecule has 0 N–H and O–H groups in total. The highest BCUT2D eigenvalue weighted by atomic mass is 16.6. The Bertz CT molecular complexity index is 796. The number of nitrogens with zero attached hydrogens (tertiary/aromatic N) is 4. The maximum absolute atomic E-state index is 10.7. The number of non-ortho nitro benzene ring substituents is 1. The van der Waals surface area contributed by atoms with Crippen molar-refractivity contribution in [2.75, 3.05) is 6.54 Å². The van der Waals surface area contributed by atoms with Crippen molar-refractivity contribution in [2.45, 2.75) is 20.0 Å². The number of nitro groups is 1. The van der Waals surface area contributed by atoms with Crippen LogP contribution >= 0.6 is 0 Å². The van der Waals surface area contributed by atoms with Crippen LogP contribution in [0.5, 0.6) is 0 Å². The molecular formula is C16H16N4O4. The van der Waals surface area contributed by atoms with Gasteiger partial charge in [0.1, 0.15) is 5.76 Å². The first kappa shape index (κ1) is 15.9. The summed E-state index contributed by atoms with van der Waals surface area (Å²) in [6.07, 6.45) is 1.64. The topological polar surface area (TPSA) is 98.4 Å². The molecule has 8 nitrogen and oxygen atoms in total. The van der Waals surface area contributed by atoms with Gasteiger partial charge in [0.25, 0.3) is 5.69 Å². The van der Waals surface area contributed by atoms with E-state index in [1.165, 1.54) is 12.1 Å². The Hall–Kier alpha value is -3.00. The van der Waals surface area contributed by atoms with E-state index >= 15 is 0 Å². The zero-order valence-corrected chi connectivity index (χ0v) is 13.1. The van der Waals surface area contributed by atoms with Gasteiger partial charge < -0.3 is 8.94 Å². The number of hydrogen-bond acceptors (Lipinski definition) is 7. The van der Waals surface area contributed by atoms with Gasteiger partial charge in [-0.15, -0.1) is 0 Å². The molecule has 24 heavy (non-hydrogen) atoms. The van der Waals surface area contributed by atoms with Crippen LogP contribution in [0.15, 0.2) is 51.6 Å². The average Bonchev–Trinajstić information content (AvgIpc) is 3.26. The molecule has 0 amide bonds. The molecule has 124 valence electrons. The van der Waals surface area contributed by atoms with Gasteiger partial charge in [0.2, 0.25) is 11.7 Å². The minimum Gasteiger partial charge on any atom is -0.468 e. The molecule has 0 aliphatic rings. The second-order valence-electron chi connectivity index (χ2n) is 5.20. The molecule has 0 radical (unpaired) electrons. The predicted octanol–water partition coefficient (Wildman–Crippen LogP) is 3.26. The molecule has 0 saturated heterocycles. The fourth-order valence-electron chi connectivity index (χ4n) is 2.26. The molecule has 2 aromatic heterocycles. The van der Waals surface area contributed by atoms with Crippen molar-refractivity contribution in [2.24, 2.45) is 0 Å². The molecule has 3 rings (SSSR count). The second kappa shape index (κ2) is 7.05. The van der Waals surface area contributed by atoms with Crippen LogP contribution in [-0.2, 0) is 13.1 Å². The van der Waals surface area contributed by atoms with Crippen molar-refractivity contribution in [3.05, 3.63) is 64.4 Å². The number of rotatable bonds is 7. The Labute approximate surface area is 137 Å². The van der Waals surface area contributed by atoms with Gasteiger partial charge in [0.15, 0.2) is 0 Å². The standard InChI is InChI=1S/C16H16N4O4/c1-2-19(10-14-4-3-9-23-14)11-15-17-16(18-24-15)12-5-7-13(8-6-12)20(21)22/h3-9H,2,10-11H2,1H3. The van der Waals surface area contributed by atoms with Crippen LogP contribution < -0.4 is 0 Å². The highest BCUT2D eigenvalue weighted by Crippen LogP contribution is 2.20. The van der Waals surface area contributed by atoms with Crippen LogP contribution in [0.3, 0.4) is 0 Å². The lowest BCUT2D eigenvalue weighted by molar-refractivity contribution is -0.384. The lowest BCUT2D eigenvalue weighted by Crippen LogP contribution is -2.22. The zero-order valence-electron chi connectivity index (χ0n) is 13.1. The van der Waals surface area contributed by atoms with E-state index in [1.807, 2.05) is 19.1 Å². The summed E-state index contributed by atoms with van der Waals surface area (Å²) in [5.41, 5.74) is 0.697. The molecule has 3 aromatic rings. The third kappa shape index (κ3) is 3.66. The Morgan fingerprint density at radius 1 is 1.21 bits per heavy atom. The molecule has 0 fully saturated rings. The highest BCUT2D eigenvalue weighted by Gasteiger charge is 2.14. The molecule has 0 spiro atoms. The van der Waals surface area contributed by atoms with Gasteiger partial charge in [-0.2, -0.15) is 4.98 Å². The number of benzene rings is 1. The van der Waals surface area contributed by atoms with E-state index < -0.39 is 4.92 Å². The van der Waals surface area contributed by atoms with Crippen molar-refractivity contribution >= 4 is 5.69 Å². The molecule has 0 aliphatic heterocycles. The second-order valence-corrected chi connectivity index (χ2v) is 5.20. The molecule has 0 bridgehead atoms. The van der Waals surface area contributed by atoms with E-state index in [0.717, 1.165) is 12.3 Å². The van der Waals surface area contributed by atoms with Crippen LogP contribution in [0, 0.1) is 10.1 Å². The van der Waals surface area contributed by atoms with Crippen molar-refractivity contribution < 1.29 is 13.9 Å². The smallest absolute Gasteiger partial charge is 0.269 e. The van der Waals surface area contributed by atoms with Gasteiger partial charge in [-0.05, 0) is 30.8 Å². The van der Waals surface area contributed by atoms with Crippen molar-refractivity contribution in [1.29, 1.82) is 0 Å². The van der Waals surface area contributed by atoms with Crippen LogP contribution in [0.4, 0.5) is 5.69 Å². The first-order valence-electron chi connectivity index (χ1n) is 7.48. The first-order chi connectivity index (χ1) is 11.7. The van der Waals surface area contributed by atoms with Gasteiger partial charge in [0, 0.05) is 17.7 Å². The average molecular weight is 328 g/mol. The maximum Gasteiger partial charge on any atom is 0.269 e. The third-order valence-corrected chi connectivity index (χ3v) is 3.57. The molecule has 0 aliphatic carbocycles. The fourth-order valence-corrected chi connectivity index (χ4v) is 2.26. The summed E-state index contributed by atoms with van der Waals surface area (Å²) in [5.74, 6) is 1.76. The van der Waals surface area contributed by atoms with E-state index in [-0.39, 0.29) is 5.69 Å². The number of aromatic nitrogens is 2. The maximum atomic E-state index is 10.7. The van der Waals surface area contributed by atoms with Crippen LogP contribution in [-0.4, -0.2) is 26.5 Å². The van der Waals surface area contributed by atoms with Crippen LogP contribution in [0.25, 0.3) is 11.4 Å². The number of furan rings is 1. The van der Waals surface area contributed by atoms with Crippen LogP contribution in [0.2, 0.25) is 0 Å². The molecule has 0 atom stereocenters. The zero-order chi connectivity index (χ0) is 16.9. The highest BCUT2D eigenvalue weighted by molar-refractivity contribution is 5.56. The predicted molar refractivity (Wildman–Crippen MR) is 84.9 cm³/mol. The van der Waals surface area contributed by atoms with Crippen molar-refractivity contribution in [3.63, 3.8) is 0 Å². The molecule has 0 saturated carbocycles. The minimum absolute atomic E-state index is 0.0260. The van der Waals surface area contributed by atoms with E-state index in [1.54, 1.807) is 18.4 Å². The first-order valence-corrected chi connectivity index (χ1v) is 7.48.